The van der Waals surface area contributed by atoms with Gasteiger partial charge >= 0.3 is 0 Å². The van der Waals surface area contributed by atoms with Crippen LogP contribution < -0.4 is 5.32 Å². The van der Waals surface area contributed by atoms with Gasteiger partial charge in [0.15, 0.2) is 5.82 Å². The second-order valence-electron chi connectivity index (χ2n) is 6.62. The third kappa shape index (κ3) is 3.33. The second kappa shape index (κ2) is 6.36. The van der Waals surface area contributed by atoms with Crippen LogP contribution in [0, 0.1) is 8.99 Å². The number of rotatable bonds is 4. The zero-order valence-electron chi connectivity index (χ0n) is 13.7. The molecule has 5 heteroatoms. The maximum atomic E-state index is 5.94. The topological polar surface area (TPSA) is 47.0 Å². The molecule has 2 rings (SSSR count). The Kier molecular flexibility index (Phi) is 5.13. The summed E-state index contributed by atoms with van der Waals surface area (Å²) in [6.45, 7) is 6.80. The van der Waals surface area contributed by atoms with Gasteiger partial charge in [-0.25, -0.2) is 9.97 Å². The minimum Gasteiger partial charge on any atom is -0.372 e. The van der Waals surface area contributed by atoms with Crippen LogP contribution in [0.2, 0.25) is 0 Å². The van der Waals surface area contributed by atoms with Crippen molar-refractivity contribution in [3.63, 3.8) is 0 Å². The quantitative estimate of drug-likeness (QED) is 0.769. The number of methoxy groups -OCH3 is 1. The van der Waals surface area contributed by atoms with E-state index in [1.165, 1.54) is 0 Å². The monoisotopic (exact) mass is 403 g/mol. The predicted octanol–water partition coefficient (Wildman–Crippen LogP) is 4.13. The number of ether oxygens (including phenoxy) is 1. The minimum atomic E-state index is -0.324. The van der Waals surface area contributed by atoms with Gasteiger partial charge in [-0.1, -0.05) is 20.8 Å². The zero-order valence-corrected chi connectivity index (χ0v) is 15.9. The van der Waals surface area contributed by atoms with E-state index >= 15 is 0 Å². The zero-order chi connectivity index (χ0) is 15.7. The molecule has 1 fully saturated rings. The molecule has 0 aromatic carbocycles. The lowest BCUT2D eigenvalue weighted by molar-refractivity contribution is -0.0729. The Balaban J connectivity index is 2.43. The molecular weight excluding hydrogens is 377 g/mol. The van der Waals surface area contributed by atoms with Crippen molar-refractivity contribution >= 4 is 28.4 Å². The highest BCUT2D eigenvalue weighted by atomic mass is 127. The highest BCUT2D eigenvalue weighted by molar-refractivity contribution is 14.1. The van der Waals surface area contributed by atoms with E-state index in [0.717, 1.165) is 53.0 Å². The number of aromatic nitrogens is 2. The van der Waals surface area contributed by atoms with Crippen LogP contribution in [0.3, 0.4) is 0 Å². The van der Waals surface area contributed by atoms with Crippen molar-refractivity contribution in [2.45, 2.75) is 58.5 Å². The van der Waals surface area contributed by atoms with Crippen LogP contribution in [0.15, 0.2) is 0 Å². The summed E-state index contributed by atoms with van der Waals surface area (Å²) in [6.07, 6.45) is 5.18. The van der Waals surface area contributed by atoms with Gasteiger partial charge in [0.1, 0.15) is 11.4 Å². The summed E-state index contributed by atoms with van der Waals surface area (Å²) in [5.74, 6) is 1.76. The van der Waals surface area contributed by atoms with Gasteiger partial charge in [0, 0.05) is 14.2 Å². The minimum absolute atomic E-state index is 0.324. The Bertz CT molecular complexity index is 481. The van der Waals surface area contributed by atoms with Crippen LogP contribution in [0.1, 0.15) is 58.0 Å². The van der Waals surface area contributed by atoms with E-state index in [0.29, 0.717) is 5.41 Å². The molecule has 0 unspecified atom stereocenters. The molecule has 21 heavy (non-hydrogen) atoms. The molecule has 0 radical (unpaired) electrons. The van der Waals surface area contributed by atoms with Crippen molar-refractivity contribution in [3.05, 3.63) is 15.1 Å². The summed E-state index contributed by atoms with van der Waals surface area (Å²) in [7, 11) is 3.71. The van der Waals surface area contributed by atoms with E-state index < -0.39 is 0 Å². The molecular formula is C16H26IN3O. The molecule has 1 aromatic rings. The standard InChI is InChI=1S/C16H26IN3O/c1-6-11-12(17)13(18-4)20-14(19-11)16(21-5)9-7-15(2,3)8-10-16/h6-10H2,1-5H3,(H,18,19,20). The maximum Gasteiger partial charge on any atom is 0.162 e. The summed E-state index contributed by atoms with van der Waals surface area (Å²) in [5, 5.41) is 3.19. The molecule has 0 atom stereocenters. The van der Waals surface area contributed by atoms with Crippen LogP contribution in [0.25, 0.3) is 0 Å². The molecule has 1 aliphatic rings. The molecule has 0 aliphatic heterocycles. The van der Waals surface area contributed by atoms with E-state index in [2.05, 4.69) is 48.7 Å². The van der Waals surface area contributed by atoms with Crippen molar-refractivity contribution in [2.75, 3.05) is 19.5 Å². The number of anilines is 1. The van der Waals surface area contributed by atoms with Crippen molar-refractivity contribution in [1.29, 1.82) is 0 Å². The first kappa shape index (κ1) is 16.9. The number of halogens is 1. The number of aryl methyl sites for hydroxylation is 1. The van der Waals surface area contributed by atoms with E-state index in [9.17, 15) is 0 Å². The third-order valence-electron chi connectivity index (χ3n) is 4.70. The molecule has 4 nitrogen and oxygen atoms in total. The molecule has 0 bridgehead atoms. The molecule has 118 valence electrons. The average molecular weight is 403 g/mol. The van der Waals surface area contributed by atoms with Gasteiger partial charge < -0.3 is 10.1 Å². The fourth-order valence-electron chi connectivity index (χ4n) is 2.95. The molecule has 0 saturated heterocycles. The third-order valence-corrected chi connectivity index (χ3v) is 5.83. The summed E-state index contributed by atoms with van der Waals surface area (Å²) >= 11 is 2.32. The van der Waals surface area contributed by atoms with Crippen LogP contribution in [0.5, 0.6) is 0 Å². The molecule has 1 saturated carbocycles. The lowest BCUT2D eigenvalue weighted by Gasteiger charge is -2.41. The Morgan fingerprint density at radius 3 is 2.29 bits per heavy atom. The van der Waals surface area contributed by atoms with Gasteiger partial charge in [-0.3, -0.25) is 0 Å². The first-order valence-electron chi connectivity index (χ1n) is 7.67. The first-order valence-corrected chi connectivity index (χ1v) is 8.75. The molecule has 1 heterocycles. The van der Waals surface area contributed by atoms with Crippen molar-refractivity contribution in [2.24, 2.45) is 5.41 Å². The van der Waals surface area contributed by atoms with E-state index in [1.807, 2.05) is 7.05 Å². The van der Waals surface area contributed by atoms with E-state index in [4.69, 9.17) is 14.7 Å². The molecule has 0 amide bonds. The smallest absolute Gasteiger partial charge is 0.162 e. The van der Waals surface area contributed by atoms with Gasteiger partial charge in [0.25, 0.3) is 0 Å². The molecule has 1 aliphatic carbocycles. The van der Waals surface area contributed by atoms with Crippen molar-refractivity contribution in [1.82, 2.24) is 9.97 Å². The van der Waals surface area contributed by atoms with E-state index in [-0.39, 0.29) is 5.60 Å². The van der Waals surface area contributed by atoms with Gasteiger partial charge in [-0.05, 0) is 60.1 Å². The van der Waals surface area contributed by atoms with Crippen LogP contribution >= 0.6 is 22.6 Å². The van der Waals surface area contributed by atoms with Gasteiger partial charge in [0.05, 0.1) is 9.26 Å². The van der Waals surface area contributed by atoms with E-state index in [1.54, 1.807) is 7.11 Å². The Morgan fingerprint density at radius 1 is 1.19 bits per heavy atom. The van der Waals surface area contributed by atoms with Gasteiger partial charge in [-0.2, -0.15) is 0 Å². The second-order valence-corrected chi connectivity index (χ2v) is 7.70. The van der Waals surface area contributed by atoms with Crippen molar-refractivity contribution in [3.8, 4) is 0 Å². The number of nitrogens with one attached hydrogen (secondary N) is 1. The Labute approximate surface area is 141 Å². The summed E-state index contributed by atoms with van der Waals surface area (Å²) in [6, 6.07) is 0. The summed E-state index contributed by atoms with van der Waals surface area (Å²) in [5.41, 5.74) is 1.17. The fourth-order valence-corrected chi connectivity index (χ4v) is 3.84. The Morgan fingerprint density at radius 2 is 1.81 bits per heavy atom. The van der Waals surface area contributed by atoms with Crippen LogP contribution in [-0.4, -0.2) is 24.1 Å². The molecule has 1 aromatic heterocycles. The molecule has 1 N–H and O–H groups in total. The van der Waals surface area contributed by atoms with Crippen molar-refractivity contribution < 1.29 is 4.74 Å². The predicted molar refractivity (Wildman–Crippen MR) is 94.6 cm³/mol. The highest BCUT2D eigenvalue weighted by Gasteiger charge is 2.42. The molecule has 0 spiro atoms. The fraction of sp³-hybridized carbons (Fsp3) is 0.750. The maximum absolute atomic E-state index is 5.94. The van der Waals surface area contributed by atoms with Gasteiger partial charge in [-0.15, -0.1) is 0 Å². The highest BCUT2D eigenvalue weighted by Crippen LogP contribution is 2.46. The number of hydrogen-bond donors (Lipinski definition) is 1. The largest absolute Gasteiger partial charge is 0.372 e. The summed E-state index contributed by atoms with van der Waals surface area (Å²) in [4.78, 5) is 9.59. The SMILES string of the molecule is CCc1nc(C2(OC)CCC(C)(C)CC2)nc(NC)c1I. The normalized spacial score (nSPS) is 20.3. The van der Waals surface area contributed by atoms with Gasteiger partial charge in [0.2, 0.25) is 0 Å². The lowest BCUT2D eigenvalue weighted by Crippen LogP contribution is -2.38. The average Bonchev–Trinajstić information content (AvgIpc) is 2.48. The number of hydrogen-bond acceptors (Lipinski definition) is 4. The number of nitrogens with zero attached hydrogens (tertiary/aromatic N) is 2. The first-order chi connectivity index (χ1) is 9.87. The van der Waals surface area contributed by atoms with Crippen LogP contribution in [-0.2, 0) is 16.8 Å². The van der Waals surface area contributed by atoms with Crippen LogP contribution in [0.4, 0.5) is 5.82 Å². The summed E-state index contributed by atoms with van der Waals surface area (Å²) < 4.78 is 7.06. The Hall–Kier alpha value is -0.430. The lowest BCUT2D eigenvalue weighted by atomic mass is 9.70.